The molecule has 2 aromatic carbocycles. The highest BCUT2D eigenvalue weighted by Gasteiger charge is 2.13. The predicted molar refractivity (Wildman–Crippen MR) is 73.9 cm³/mol. The summed E-state index contributed by atoms with van der Waals surface area (Å²) in [6, 6.07) is 8.94. The second-order valence-electron chi connectivity index (χ2n) is 4.52. The highest BCUT2D eigenvalue weighted by Crippen LogP contribution is 2.24. The van der Waals surface area contributed by atoms with E-state index < -0.39 is 17.7 Å². The van der Waals surface area contributed by atoms with E-state index >= 15 is 0 Å². The quantitative estimate of drug-likeness (QED) is 0.891. The minimum absolute atomic E-state index is 0.113. The Balaban J connectivity index is 2.22. The maximum absolute atomic E-state index is 13.5. The smallest absolute Gasteiger partial charge is 0.129 e. The van der Waals surface area contributed by atoms with Crippen LogP contribution in [-0.2, 0) is 6.42 Å². The number of aliphatic hydroxyl groups is 1. The Labute approximate surface area is 119 Å². The molecule has 1 unspecified atom stereocenters. The summed E-state index contributed by atoms with van der Waals surface area (Å²) in [6.45, 7) is 1.92. The van der Waals surface area contributed by atoms with Crippen LogP contribution in [0.3, 0.4) is 0 Å². The van der Waals surface area contributed by atoms with Crippen molar-refractivity contribution in [2.24, 2.45) is 0 Å². The maximum atomic E-state index is 13.5. The first-order chi connectivity index (χ1) is 8.95. The van der Waals surface area contributed by atoms with E-state index in [-0.39, 0.29) is 6.42 Å². The average molecular weight is 327 g/mol. The molecule has 2 rings (SSSR count). The lowest BCUT2D eigenvalue weighted by atomic mass is 10.00. The van der Waals surface area contributed by atoms with Gasteiger partial charge in [-0.25, -0.2) is 8.78 Å². The summed E-state index contributed by atoms with van der Waals surface area (Å²) in [4.78, 5) is 0. The van der Waals surface area contributed by atoms with Gasteiger partial charge in [0.05, 0.1) is 6.10 Å². The van der Waals surface area contributed by atoms with E-state index in [1.807, 2.05) is 19.1 Å². The van der Waals surface area contributed by atoms with Gasteiger partial charge in [0, 0.05) is 17.0 Å². The zero-order valence-corrected chi connectivity index (χ0v) is 11.9. The summed E-state index contributed by atoms with van der Waals surface area (Å²) >= 11 is 3.36. The molecule has 0 saturated heterocycles. The van der Waals surface area contributed by atoms with Gasteiger partial charge in [-0.15, -0.1) is 0 Å². The number of rotatable bonds is 3. The Morgan fingerprint density at radius 1 is 1.16 bits per heavy atom. The molecule has 100 valence electrons. The van der Waals surface area contributed by atoms with E-state index in [2.05, 4.69) is 15.9 Å². The molecule has 0 aromatic heterocycles. The normalized spacial score (nSPS) is 12.5. The minimum Gasteiger partial charge on any atom is -0.388 e. The van der Waals surface area contributed by atoms with Crippen molar-refractivity contribution >= 4 is 15.9 Å². The van der Waals surface area contributed by atoms with Gasteiger partial charge in [0.2, 0.25) is 0 Å². The monoisotopic (exact) mass is 326 g/mol. The third kappa shape index (κ3) is 3.61. The predicted octanol–water partition coefficient (Wildman–Crippen LogP) is 4.31. The standard InChI is InChI=1S/C15H13BrF2O/c1-9-4-11(6-12(16)5-9)15(19)7-10-2-3-13(17)8-14(10)18/h2-6,8,15,19H,7H2,1H3. The van der Waals surface area contributed by atoms with Crippen molar-refractivity contribution in [2.75, 3.05) is 0 Å². The van der Waals surface area contributed by atoms with E-state index in [0.29, 0.717) is 11.1 Å². The van der Waals surface area contributed by atoms with Crippen LogP contribution in [0.2, 0.25) is 0 Å². The van der Waals surface area contributed by atoms with Gasteiger partial charge >= 0.3 is 0 Å². The minimum atomic E-state index is -0.823. The molecule has 0 heterocycles. The van der Waals surface area contributed by atoms with Crippen LogP contribution in [0.5, 0.6) is 0 Å². The third-order valence-electron chi connectivity index (χ3n) is 2.88. The second-order valence-corrected chi connectivity index (χ2v) is 5.43. The molecule has 2 aromatic rings. The molecule has 1 nitrogen and oxygen atoms in total. The molecule has 0 aliphatic carbocycles. The van der Waals surface area contributed by atoms with Crippen molar-refractivity contribution in [3.05, 3.63) is 69.2 Å². The van der Waals surface area contributed by atoms with Crippen LogP contribution in [0.4, 0.5) is 8.78 Å². The van der Waals surface area contributed by atoms with Crippen LogP contribution in [0.25, 0.3) is 0 Å². The average Bonchev–Trinajstić information content (AvgIpc) is 2.31. The molecule has 0 radical (unpaired) electrons. The number of hydrogen-bond donors (Lipinski definition) is 1. The first-order valence-corrected chi connectivity index (χ1v) is 6.64. The van der Waals surface area contributed by atoms with Crippen molar-refractivity contribution in [3.63, 3.8) is 0 Å². The number of halogens is 3. The Kier molecular flexibility index (Phi) is 4.32. The lowest BCUT2D eigenvalue weighted by molar-refractivity contribution is 0.177. The lowest BCUT2D eigenvalue weighted by Gasteiger charge is -2.13. The van der Waals surface area contributed by atoms with Crippen LogP contribution < -0.4 is 0 Å². The number of aliphatic hydroxyl groups excluding tert-OH is 1. The first-order valence-electron chi connectivity index (χ1n) is 5.85. The molecule has 0 amide bonds. The van der Waals surface area contributed by atoms with Gasteiger partial charge < -0.3 is 5.11 Å². The fourth-order valence-electron chi connectivity index (χ4n) is 1.97. The Hall–Kier alpha value is -1.26. The zero-order chi connectivity index (χ0) is 14.0. The van der Waals surface area contributed by atoms with Gasteiger partial charge in [0.25, 0.3) is 0 Å². The SMILES string of the molecule is Cc1cc(Br)cc(C(O)Cc2ccc(F)cc2F)c1. The van der Waals surface area contributed by atoms with Crippen LogP contribution in [-0.4, -0.2) is 5.11 Å². The Bertz CT molecular complexity index is 578. The third-order valence-corrected chi connectivity index (χ3v) is 3.34. The molecule has 4 heteroatoms. The largest absolute Gasteiger partial charge is 0.388 e. The van der Waals surface area contributed by atoms with E-state index in [0.717, 1.165) is 16.1 Å². The van der Waals surface area contributed by atoms with Crippen molar-refractivity contribution in [1.29, 1.82) is 0 Å². The molecule has 0 bridgehead atoms. The van der Waals surface area contributed by atoms with Gasteiger partial charge in [0.1, 0.15) is 11.6 Å². The summed E-state index contributed by atoms with van der Waals surface area (Å²) in [6.07, 6.45) is -0.710. The van der Waals surface area contributed by atoms with Gasteiger partial charge in [0.15, 0.2) is 0 Å². The molecule has 19 heavy (non-hydrogen) atoms. The van der Waals surface area contributed by atoms with Crippen molar-refractivity contribution in [1.82, 2.24) is 0 Å². The highest BCUT2D eigenvalue weighted by molar-refractivity contribution is 9.10. The molecule has 0 aliphatic rings. The van der Waals surface area contributed by atoms with Gasteiger partial charge in [-0.2, -0.15) is 0 Å². The molecule has 1 atom stereocenters. The second kappa shape index (κ2) is 5.80. The summed E-state index contributed by atoms with van der Waals surface area (Å²) in [5.41, 5.74) is 2.00. The molecule has 0 aliphatic heterocycles. The zero-order valence-electron chi connectivity index (χ0n) is 10.3. The Morgan fingerprint density at radius 3 is 2.53 bits per heavy atom. The summed E-state index contributed by atoms with van der Waals surface area (Å²) in [5.74, 6) is -1.25. The van der Waals surface area contributed by atoms with E-state index in [1.54, 1.807) is 6.07 Å². The Morgan fingerprint density at radius 2 is 1.89 bits per heavy atom. The molecule has 0 saturated carbocycles. The summed E-state index contributed by atoms with van der Waals surface area (Å²) in [5, 5.41) is 10.1. The topological polar surface area (TPSA) is 20.2 Å². The fraction of sp³-hybridized carbons (Fsp3) is 0.200. The van der Waals surface area contributed by atoms with Crippen molar-refractivity contribution < 1.29 is 13.9 Å². The molecule has 1 N–H and O–H groups in total. The van der Waals surface area contributed by atoms with Crippen LogP contribution in [0, 0.1) is 18.6 Å². The number of benzene rings is 2. The van der Waals surface area contributed by atoms with Crippen LogP contribution in [0.1, 0.15) is 22.8 Å². The van der Waals surface area contributed by atoms with Crippen molar-refractivity contribution in [2.45, 2.75) is 19.4 Å². The van der Waals surface area contributed by atoms with E-state index in [1.165, 1.54) is 12.1 Å². The van der Waals surface area contributed by atoms with E-state index in [9.17, 15) is 13.9 Å². The van der Waals surface area contributed by atoms with Crippen LogP contribution in [0.15, 0.2) is 40.9 Å². The van der Waals surface area contributed by atoms with Gasteiger partial charge in [-0.3, -0.25) is 0 Å². The summed E-state index contributed by atoms with van der Waals surface area (Å²) < 4.78 is 27.2. The van der Waals surface area contributed by atoms with Gasteiger partial charge in [-0.05, 0) is 41.8 Å². The van der Waals surface area contributed by atoms with Crippen molar-refractivity contribution in [3.8, 4) is 0 Å². The molecular weight excluding hydrogens is 314 g/mol. The molecular formula is C15H13BrF2O. The lowest BCUT2D eigenvalue weighted by Crippen LogP contribution is -2.04. The summed E-state index contributed by atoms with van der Waals surface area (Å²) in [7, 11) is 0. The number of hydrogen-bond acceptors (Lipinski definition) is 1. The highest BCUT2D eigenvalue weighted by atomic mass is 79.9. The van der Waals surface area contributed by atoms with Crippen LogP contribution >= 0.6 is 15.9 Å². The van der Waals surface area contributed by atoms with Gasteiger partial charge in [-0.1, -0.05) is 28.1 Å². The van der Waals surface area contributed by atoms with E-state index in [4.69, 9.17) is 0 Å². The fourth-order valence-corrected chi connectivity index (χ4v) is 2.60. The first kappa shape index (κ1) is 14.2. The molecule has 0 fully saturated rings. The maximum Gasteiger partial charge on any atom is 0.129 e. The molecule has 0 spiro atoms. The number of aryl methyl sites for hydroxylation is 1.